The Labute approximate surface area is 124 Å². The topological polar surface area (TPSA) is 74.7 Å². The van der Waals surface area contributed by atoms with Gasteiger partial charge in [-0.25, -0.2) is 4.98 Å². The zero-order valence-corrected chi connectivity index (χ0v) is 12.2. The second-order valence-electron chi connectivity index (χ2n) is 5.54. The van der Waals surface area contributed by atoms with Crippen LogP contribution in [0.15, 0.2) is 35.5 Å². The molecule has 2 aromatic rings. The number of fused-ring (bicyclic) bond motifs is 1. The van der Waals surface area contributed by atoms with Gasteiger partial charge in [0.2, 0.25) is 0 Å². The zero-order valence-electron chi connectivity index (χ0n) is 12.2. The van der Waals surface area contributed by atoms with E-state index in [4.69, 9.17) is 15.9 Å². The molecule has 0 bridgehead atoms. The van der Waals surface area contributed by atoms with Crippen molar-refractivity contribution in [2.24, 2.45) is 16.8 Å². The van der Waals surface area contributed by atoms with Gasteiger partial charge in [0.1, 0.15) is 5.82 Å². The van der Waals surface area contributed by atoms with E-state index in [0.29, 0.717) is 0 Å². The zero-order chi connectivity index (χ0) is 14.8. The predicted octanol–water partition coefficient (Wildman–Crippen LogP) is 2.57. The summed E-state index contributed by atoms with van der Waals surface area (Å²) < 4.78 is 0. The fourth-order valence-electron chi connectivity index (χ4n) is 2.96. The van der Waals surface area contributed by atoms with E-state index in [9.17, 15) is 0 Å². The number of rotatable bonds is 3. The van der Waals surface area contributed by atoms with E-state index in [1.54, 1.807) is 0 Å². The minimum atomic E-state index is 0.126. The molecule has 1 aromatic heterocycles. The lowest BCUT2D eigenvalue weighted by atomic mass is 10.1. The smallest absolute Gasteiger partial charge is 0.170 e. The second kappa shape index (κ2) is 5.60. The van der Waals surface area contributed by atoms with Gasteiger partial charge in [-0.1, -0.05) is 36.7 Å². The fraction of sp³-hybridized carbons (Fsp3) is 0.375. The highest BCUT2D eigenvalue weighted by molar-refractivity contribution is 6.08. The number of anilines is 1. The number of aromatic nitrogens is 1. The first kappa shape index (κ1) is 13.7. The van der Waals surface area contributed by atoms with Crippen LogP contribution < -0.4 is 10.6 Å². The van der Waals surface area contributed by atoms with Crippen molar-refractivity contribution in [1.29, 1.82) is 0 Å². The van der Waals surface area contributed by atoms with Crippen molar-refractivity contribution in [3.8, 4) is 0 Å². The van der Waals surface area contributed by atoms with Gasteiger partial charge in [-0.15, -0.1) is 0 Å². The van der Waals surface area contributed by atoms with Crippen molar-refractivity contribution >= 4 is 22.6 Å². The number of pyridine rings is 1. The summed E-state index contributed by atoms with van der Waals surface area (Å²) in [7, 11) is 0. The largest absolute Gasteiger partial charge is 0.409 e. The van der Waals surface area contributed by atoms with Gasteiger partial charge < -0.3 is 15.8 Å². The lowest BCUT2D eigenvalue weighted by molar-refractivity contribution is 0.318. The van der Waals surface area contributed by atoms with Gasteiger partial charge in [0.15, 0.2) is 5.84 Å². The third-order valence-corrected chi connectivity index (χ3v) is 4.27. The van der Waals surface area contributed by atoms with Gasteiger partial charge in [0, 0.05) is 24.0 Å². The molecule has 1 fully saturated rings. The van der Waals surface area contributed by atoms with Crippen LogP contribution in [0, 0.1) is 5.92 Å². The highest BCUT2D eigenvalue weighted by atomic mass is 16.4. The molecule has 0 amide bonds. The number of oxime groups is 1. The van der Waals surface area contributed by atoms with Crippen LogP contribution in [0.5, 0.6) is 0 Å². The quantitative estimate of drug-likeness (QED) is 0.393. The summed E-state index contributed by atoms with van der Waals surface area (Å²) in [4.78, 5) is 7.02. The maximum atomic E-state index is 9.01. The standard InChI is InChI=1S/C16H20N4O/c1-2-11-7-8-20(10-11)15-9-13(16(17)19-21)12-5-3-4-6-14(12)18-15/h3-6,9,11,21H,2,7-8,10H2,1H3,(H2,17,19). The molecule has 1 atom stereocenters. The Balaban J connectivity index is 2.08. The summed E-state index contributed by atoms with van der Waals surface area (Å²) in [6.45, 7) is 4.26. The molecule has 0 saturated carbocycles. The molecule has 1 saturated heterocycles. The summed E-state index contributed by atoms with van der Waals surface area (Å²) in [5, 5.41) is 13.1. The van der Waals surface area contributed by atoms with E-state index < -0.39 is 0 Å². The van der Waals surface area contributed by atoms with E-state index in [0.717, 1.165) is 41.3 Å². The van der Waals surface area contributed by atoms with Crippen molar-refractivity contribution in [1.82, 2.24) is 4.98 Å². The average molecular weight is 284 g/mol. The number of hydrogen-bond acceptors (Lipinski definition) is 4. The second-order valence-corrected chi connectivity index (χ2v) is 5.54. The van der Waals surface area contributed by atoms with Gasteiger partial charge in [-0.2, -0.15) is 0 Å². The van der Waals surface area contributed by atoms with Gasteiger partial charge >= 0.3 is 0 Å². The number of benzene rings is 1. The summed E-state index contributed by atoms with van der Waals surface area (Å²) in [6.07, 6.45) is 2.39. The Bertz CT molecular complexity index is 683. The number of nitrogens with zero attached hydrogens (tertiary/aromatic N) is 3. The van der Waals surface area contributed by atoms with Crippen molar-refractivity contribution < 1.29 is 5.21 Å². The average Bonchev–Trinajstić information content (AvgIpc) is 3.02. The highest BCUT2D eigenvalue weighted by Gasteiger charge is 2.23. The molecule has 1 aromatic carbocycles. The Morgan fingerprint density at radius 1 is 1.48 bits per heavy atom. The van der Waals surface area contributed by atoms with Crippen LogP contribution in [0.4, 0.5) is 5.82 Å². The summed E-state index contributed by atoms with van der Waals surface area (Å²) in [5.74, 6) is 1.76. The van der Waals surface area contributed by atoms with Gasteiger partial charge in [0.05, 0.1) is 5.52 Å². The molecule has 1 aliphatic heterocycles. The molecule has 110 valence electrons. The molecule has 5 nitrogen and oxygen atoms in total. The molecule has 21 heavy (non-hydrogen) atoms. The molecular weight excluding hydrogens is 264 g/mol. The Kier molecular flexibility index (Phi) is 3.64. The van der Waals surface area contributed by atoms with Gasteiger partial charge in [-0.05, 0) is 24.5 Å². The van der Waals surface area contributed by atoms with Crippen molar-refractivity contribution in [2.45, 2.75) is 19.8 Å². The molecule has 3 N–H and O–H groups in total. The lowest BCUT2D eigenvalue weighted by Gasteiger charge is -2.19. The van der Waals surface area contributed by atoms with E-state index in [-0.39, 0.29) is 5.84 Å². The molecule has 1 unspecified atom stereocenters. The Morgan fingerprint density at radius 3 is 3.00 bits per heavy atom. The first-order valence-electron chi connectivity index (χ1n) is 7.35. The molecule has 3 rings (SSSR count). The van der Waals surface area contributed by atoms with E-state index in [1.807, 2.05) is 30.3 Å². The van der Waals surface area contributed by atoms with Crippen LogP contribution in [0.1, 0.15) is 25.3 Å². The molecule has 0 aliphatic carbocycles. The normalized spacial score (nSPS) is 19.4. The van der Waals surface area contributed by atoms with E-state index >= 15 is 0 Å². The number of nitrogens with two attached hydrogens (primary N) is 1. The van der Waals surface area contributed by atoms with Crippen molar-refractivity contribution in [3.05, 3.63) is 35.9 Å². The van der Waals surface area contributed by atoms with Crippen LogP contribution in [-0.4, -0.2) is 29.1 Å². The first-order chi connectivity index (χ1) is 10.2. The van der Waals surface area contributed by atoms with Crippen molar-refractivity contribution in [2.75, 3.05) is 18.0 Å². The number of amidine groups is 1. The van der Waals surface area contributed by atoms with Crippen LogP contribution >= 0.6 is 0 Å². The maximum absolute atomic E-state index is 9.01. The van der Waals surface area contributed by atoms with Gasteiger partial charge in [0.25, 0.3) is 0 Å². The third kappa shape index (κ3) is 2.51. The van der Waals surface area contributed by atoms with E-state index in [1.165, 1.54) is 12.8 Å². The van der Waals surface area contributed by atoms with Crippen LogP contribution in [0.2, 0.25) is 0 Å². The van der Waals surface area contributed by atoms with Crippen LogP contribution in [-0.2, 0) is 0 Å². The molecule has 5 heteroatoms. The van der Waals surface area contributed by atoms with E-state index in [2.05, 4.69) is 17.0 Å². The van der Waals surface area contributed by atoms with Crippen LogP contribution in [0.3, 0.4) is 0 Å². The summed E-state index contributed by atoms with van der Waals surface area (Å²) in [6, 6.07) is 9.71. The predicted molar refractivity (Wildman–Crippen MR) is 84.9 cm³/mol. The van der Waals surface area contributed by atoms with Gasteiger partial charge in [-0.3, -0.25) is 0 Å². The Hall–Kier alpha value is -2.30. The number of hydrogen-bond donors (Lipinski definition) is 2. The Morgan fingerprint density at radius 2 is 2.29 bits per heavy atom. The lowest BCUT2D eigenvalue weighted by Crippen LogP contribution is -2.22. The minimum absolute atomic E-state index is 0.126. The summed E-state index contributed by atoms with van der Waals surface area (Å²) in [5.41, 5.74) is 7.44. The molecule has 0 radical (unpaired) electrons. The minimum Gasteiger partial charge on any atom is -0.409 e. The molecular formula is C16H20N4O. The third-order valence-electron chi connectivity index (χ3n) is 4.27. The molecule has 2 heterocycles. The fourth-order valence-corrected chi connectivity index (χ4v) is 2.96. The monoisotopic (exact) mass is 284 g/mol. The summed E-state index contributed by atoms with van der Waals surface area (Å²) >= 11 is 0. The first-order valence-corrected chi connectivity index (χ1v) is 7.35. The SMILES string of the molecule is CCC1CCN(c2cc(/C(N)=N/O)c3ccccc3n2)C1. The van der Waals surface area contributed by atoms with Crippen LogP contribution in [0.25, 0.3) is 10.9 Å². The molecule has 1 aliphatic rings. The number of para-hydroxylation sites is 1. The highest BCUT2D eigenvalue weighted by Crippen LogP contribution is 2.28. The molecule has 0 spiro atoms. The van der Waals surface area contributed by atoms with Crippen molar-refractivity contribution in [3.63, 3.8) is 0 Å². The maximum Gasteiger partial charge on any atom is 0.170 e.